The molecule has 1 heteroatoms. The van der Waals surface area contributed by atoms with Crippen LogP contribution >= 0.6 is 0 Å². The Labute approximate surface area is 80.1 Å². The van der Waals surface area contributed by atoms with Gasteiger partial charge in [-0.1, -0.05) is 13.0 Å². The van der Waals surface area contributed by atoms with Gasteiger partial charge < -0.3 is 4.57 Å². The number of aromatic nitrogens is 1. The second-order valence-corrected chi connectivity index (χ2v) is 3.79. The van der Waals surface area contributed by atoms with E-state index in [-0.39, 0.29) is 0 Å². The molecular formula is C12H17N. The molecule has 0 radical (unpaired) electrons. The quantitative estimate of drug-likeness (QED) is 0.618. The van der Waals surface area contributed by atoms with E-state index in [0.29, 0.717) is 0 Å². The largest absolute Gasteiger partial charge is 0.348 e. The Balaban J connectivity index is 2.64. The normalized spacial score (nSPS) is 14.7. The first kappa shape index (κ1) is 8.61. The van der Waals surface area contributed by atoms with Gasteiger partial charge in [-0.25, -0.2) is 0 Å². The molecule has 70 valence electrons. The molecule has 2 rings (SSSR count). The van der Waals surface area contributed by atoms with Crippen LogP contribution in [-0.4, -0.2) is 4.57 Å². The highest BCUT2D eigenvalue weighted by molar-refractivity contribution is 5.57. The molecule has 0 fully saturated rings. The van der Waals surface area contributed by atoms with Crippen molar-refractivity contribution in [3.05, 3.63) is 28.6 Å². The van der Waals surface area contributed by atoms with E-state index in [2.05, 4.69) is 37.6 Å². The minimum Gasteiger partial charge on any atom is -0.348 e. The maximum Gasteiger partial charge on any atom is 0.0438 e. The highest BCUT2D eigenvalue weighted by atomic mass is 15.0. The first-order chi connectivity index (χ1) is 6.25. The molecule has 0 saturated carbocycles. The number of hydrogen-bond donors (Lipinski definition) is 0. The van der Waals surface area contributed by atoms with Gasteiger partial charge in [0.1, 0.15) is 0 Å². The molecule has 0 amide bonds. The number of nitrogens with zero attached hydrogens (tertiary/aromatic N) is 1. The third-order valence-electron chi connectivity index (χ3n) is 3.13. The SMILES string of the molecule is CCc1c(C)c2c(n1C)C=CCC2. The van der Waals surface area contributed by atoms with Crippen molar-refractivity contribution in [2.75, 3.05) is 0 Å². The molecule has 1 aliphatic rings. The van der Waals surface area contributed by atoms with Crippen LogP contribution in [0.1, 0.15) is 35.9 Å². The smallest absolute Gasteiger partial charge is 0.0438 e. The standard InChI is InChI=1S/C12H17N/c1-4-11-9(2)10-7-5-6-8-12(10)13(11)3/h6,8H,4-5,7H2,1-3H3. The lowest BCUT2D eigenvalue weighted by molar-refractivity contribution is 0.817. The average Bonchev–Trinajstić information content (AvgIpc) is 2.41. The van der Waals surface area contributed by atoms with E-state index < -0.39 is 0 Å². The molecule has 1 nitrogen and oxygen atoms in total. The van der Waals surface area contributed by atoms with Crippen LogP contribution in [0.25, 0.3) is 6.08 Å². The van der Waals surface area contributed by atoms with E-state index in [9.17, 15) is 0 Å². The maximum atomic E-state index is 2.35. The van der Waals surface area contributed by atoms with Gasteiger partial charge in [-0.3, -0.25) is 0 Å². The molecule has 1 aromatic heterocycles. The Hall–Kier alpha value is -0.980. The van der Waals surface area contributed by atoms with Crippen molar-refractivity contribution in [2.24, 2.45) is 7.05 Å². The molecule has 0 atom stereocenters. The van der Waals surface area contributed by atoms with Gasteiger partial charge in [0.25, 0.3) is 0 Å². The number of rotatable bonds is 1. The van der Waals surface area contributed by atoms with Crippen LogP contribution in [-0.2, 0) is 19.9 Å². The van der Waals surface area contributed by atoms with Crippen molar-refractivity contribution < 1.29 is 0 Å². The van der Waals surface area contributed by atoms with Gasteiger partial charge in [0.05, 0.1) is 0 Å². The highest BCUT2D eigenvalue weighted by Gasteiger charge is 2.15. The van der Waals surface area contributed by atoms with Gasteiger partial charge in [-0.15, -0.1) is 0 Å². The summed E-state index contributed by atoms with van der Waals surface area (Å²) in [7, 11) is 2.18. The fourth-order valence-electron chi connectivity index (χ4n) is 2.42. The fourth-order valence-corrected chi connectivity index (χ4v) is 2.42. The van der Waals surface area contributed by atoms with Crippen molar-refractivity contribution in [1.82, 2.24) is 4.57 Å². The number of allylic oxidation sites excluding steroid dienone is 1. The molecule has 0 N–H and O–H groups in total. The number of hydrogen-bond acceptors (Lipinski definition) is 0. The molecule has 13 heavy (non-hydrogen) atoms. The van der Waals surface area contributed by atoms with Gasteiger partial charge in [-0.05, 0) is 43.4 Å². The summed E-state index contributed by atoms with van der Waals surface area (Å²) in [6.45, 7) is 4.49. The minimum atomic E-state index is 1.14. The van der Waals surface area contributed by atoms with Crippen molar-refractivity contribution in [2.45, 2.75) is 33.1 Å². The third kappa shape index (κ3) is 1.14. The molecule has 0 spiro atoms. The second-order valence-electron chi connectivity index (χ2n) is 3.79. The Morgan fingerprint density at radius 2 is 2.23 bits per heavy atom. The van der Waals surface area contributed by atoms with Crippen molar-refractivity contribution in [1.29, 1.82) is 0 Å². The van der Waals surface area contributed by atoms with Crippen LogP contribution in [0.4, 0.5) is 0 Å². The predicted octanol–water partition coefficient (Wildman–Crippen LogP) is 2.86. The zero-order valence-electron chi connectivity index (χ0n) is 8.72. The van der Waals surface area contributed by atoms with E-state index in [1.165, 1.54) is 29.8 Å². The molecule has 0 unspecified atom stereocenters. The summed E-state index contributed by atoms with van der Waals surface area (Å²) in [6.07, 6.45) is 8.13. The van der Waals surface area contributed by atoms with Gasteiger partial charge in [0.2, 0.25) is 0 Å². The lowest BCUT2D eigenvalue weighted by atomic mass is 10.00. The van der Waals surface area contributed by atoms with Crippen molar-refractivity contribution >= 4 is 6.08 Å². The third-order valence-corrected chi connectivity index (χ3v) is 3.13. The van der Waals surface area contributed by atoms with Crippen LogP contribution in [0, 0.1) is 6.92 Å². The first-order valence-corrected chi connectivity index (χ1v) is 5.09. The van der Waals surface area contributed by atoms with Crippen LogP contribution in [0.3, 0.4) is 0 Å². The summed E-state index contributed by atoms with van der Waals surface area (Å²) in [5.74, 6) is 0. The van der Waals surface area contributed by atoms with Gasteiger partial charge in [0.15, 0.2) is 0 Å². The van der Waals surface area contributed by atoms with Gasteiger partial charge in [0, 0.05) is 18.4 Å². The van der Waals surface area contributed by atoms with E-state index in [0.717, 1.165) is 6.42 Å². The molecule has 0 saturated heterocycles. The van der Waals surface area contributed by atoms with Crippen molar-refractivity contribution in [3.63, 3.8) is 0 Å². The Morgan fingerprint density at radius 1 is 1.46 bits per heavy atom. The number of fused-ring (bicyclic) bond motifs is 1. The monoisotopic (exact) mass is 175 g/mol. The van der Waals surface area contributed by atoms with Crippen molar-refractivity contribution in [3.8, 4) is 0 Å². The van der Waals surface area contributed by atoms with Crippen LogP contribution in [0.5, 0.6) is 0 Å². The Bertz CT molecular complexity index is 356. The molecule has 1 heterocycles. The van der Waals surface area contributed by atoms with E-state index in [4.69, 9.17) is 0 Å². The molecule has 1 aromatic rings. The molecular weight excluding hydrogens is 158 g/mol. The molecule has 0 aromatic carbocycles. The molecule has 0 bridgehead atoms. The second kappa shape index (κ2) is 3.06. The topological polar surface area (TPSA) is 4.93 Å². The van der Waals surface area contributed by atoms with Crippen LogP contribution < -0.4 is 0 Å². The average molecular weight is 175 g/mol. The molecule has 0 aliphatic heterocycles. The van der Waals surface area contributed by atoms with E-state index in [1.54, 1.807) is 5.56 Å². The van der Waals surface area contributed by atoms with E-state index in [1.807, 2.05) is 0 Å². The molecule has 1 aliphatic carbocycles. The Morgan fingerprint density at radius 3 is 2.85 bits per heavy atom. The van der Waals surface area contributed by atoms with Crippen LogP contribution in [0.2, 0.25) is 0 Å². The first-order valence-electron chi connectivity index (χ1n) is 5.09. The lowest BCUT2D eigenvalue weighted by Crippen LogP contribution is -1.99. The summed E-state index contributed by atoms with van der Waals surface area (Å²) in [6, 6.07) is 0. The predicted molar refractivity (Wildman–Crippen MR) is 56.9 cm³/mol. The van der Waals surface area contributed by atoms with E-state index >= 15 is 0 Å². The minimum absolute atomic E-state index is 1.14. The summed E-state index contributed by atoms with van der Waals surface area (Å²) < 4.78 is 2.35. The van der Waals surface area contributed by atoms with Gasteiger partial charge >= 0.3 is 0 Å². The van der Waals surface area contributed by atoms with Crippen LogP contribution in [0.15, 0.2) is 6.08 Å². The summed E-state index contributed by atoms with van der Waals surface area (Å²) in [5, 5.41) is 0. The summed E-state index contributed by atoms with van der Waals surface area (Å²) >= 11 is 0. The Kier molecular flexibility index (Phi) is 2.03. The maximum absolute atomic E-state index is 2.35. The lowest BCUT2D eigenvalue weighted by Gasteiger charge is -2.07. The zero-order chi connectivity index (χ0) is 9.42. The van der Waals surface area contributed by atoms with Gasteiger partial charge in [-0.2, -0.15) is 0 Å². The summed E-state index contributed by atoms with van der Waals surface area (Å²) in [5.41, 5.74) is 6.02. The zero-order valence-corrected chi connectivity index (χ0v) is 8.72. The summed E-state index contributed by atoms with van der Waals surface area (Å²) in [4.78, 5) is 0. The highest BCUT2D eigenvalue weighted by Crippen LogP contribution is 2.27. The fraction of sp³-hybridized carbons (Fsp3) is 0.500.